The van der Waals surface area contributed by atoms with Crippen LogP contribution in [0.1, 0.15) is 48.1 Å². The Morgan fingerprint density at radius 1 is 1.27 bits per heavy atom. The van der Waals surface area contributed by atoms with Gasteiger partial charge in [0, 0.05) is 31.2 Å². The van der Waals surface area contributed by atoms with Crippen molar-refractivity contribution in [3.8, 4) is 6.07 Å². The number of benzene rings is 2. The Bertz CT molecular complexity index is 964. The van der Waals surface area contributed by atoms with Crippen molar-refractivity contribution in [1.29, 1.82) is 5.26 Å². The van der Waals surface area contributed by atoms with Gasteiger partial charge in [0.1, 0.15) is 0 Å². The van der Waals surface area contributed by atoms with Crippen LogP contribution in [0, 0.1) is 11.3 Å². The SMILES string of the molecule is CC(NCc1ccc(Cl)c(Cl)c1)c1cc(C#N)ccc1/C(=N\N)N1CCC(O)CC1. The van der Waals surface area contributed by atoms with Crippen molar-refractivity contribution < 1.29 is 5.11 Å². The number of aliphatic hydroxyl groups excluding tert-OH is 1. The second kappa shape index (κ2) is 10.1. The molecule has 4 N–H and O–H groups in total. The molecular weight excluding hydrogens is 421 g/mol. The Balaban J connectivity index is 1.85. The van der Waals surface area contributed by atoms with Gasteiger partial charge in [-0.1, -0.05) is 29.3 Å². The molecule has 2 aromatic carbocycles. The molecule has 1 saturated heterocycles. The molecule has 1 fully saturated rings. The lowest BCUT2D eigenvalue weighted by atomic mass is 9.96. The molecule has 1 unspecified atom stereocenters. The maximum absolute atomic E-state index is 9.82. The highest BCUT2D eigenvalue weighted by atomic mass is 35.5. The third kappa shape index (κ3) is 5.24. The molecule has 6 nitrogen and oxygen atoms in total. The Labute approximate surface area is 186 Å². The van der Waals surface area contributed by atoms with Crippen LogP contribution in [-0.2, 0) is 6.54 Å². The smallest absolute Gasteiger partial charge is 0.155 e. The van der Waals surface area contributed by atoms with Crippen molar-refractivity contribution in [3.63, 3.8) is 0 Å². The number of rotatable bonds is 5. The van der Waals surface area contributed by atoms with Gasteiger partial charge in [0.2, 0.25) is 0 Å². The van der Waals surface area contributed by atoms with Crippen molar-refractivity contribution in [2.24, 2.45) is 10.9 Å². The van der Waals surface area contributed by atoms with Crippen LogP contribution < -0.4 is 11.2 Å². The fourth-order valence-electron chi connectivity index (χ4n) is 3.62. The van der Waals surface area contributed by atoms with Gasteiger partial charge >= 0.3 is 0 Å². The third-order valence-corrected chi connectivity index (χ3v) is 6.11. The highest BCUT2D eigenvalue weighted by Gasteiger charge is 2.24. The Morgan fingerprint density at radius 3 is 2.63 bits per heavy atom. The molecule has 0 amide bonds. The van der Waals surface area contributed by atoms with Crippen molar-refractivity contribution >= 4 is 29.0 Å². The zero-order chi connectivity index (χ0) is 21.7. The average Bonchev–Trinajstić information content (AvgIpc) is 2.76. The van der Waals surface area contributed by atoms with Crippen molar-refractivity contribution in [3.05, 3.63) is 68.7 Å². The lowest BCUT2D eigenvalue weighted by Gasteiger charge is -2.33. The number of piperidine rings is 1. The minimum atomic E-state index is -0.285. The first-order valence-corrected chi connectivity index (χ1v) is 10.6. The average molecular weight is 446 g/mol. The maximum Gasteiger partial charge on any atom is 0.155 e. The highest BCUT2D eigenvalue weighted by Crippen LogP contribution is 2.25. The summed E-state index contributed by atoms with van der Waals surface area (Å²) in [5.41, 5.74) is 3.39. The first-order valence-electron chi connectivity index (χ1n) is 9.85. The molecule has 1 aliphatic rings. The molecule has 0 radical (unpaired) electrons. The van der Waals surface area contributed by atoms with E-state index in [9.17, 15) is 10.4 Å². The van der Waals surface area contributed by atoms with Crippen LogP contribution in [0.5, 0.6) is 0 Å². The summed E-state index contributed by atoms with van der Waals surface area (Å²) in [6.45, 7) is 3.98. The van der Waals surface area contributed by atoms with Crippen molar-refractivity contribution in [2.45, 2.75) is 38.5 Å². The van der Waals surface area contributed by atoms with Crippen LogP contribution in [0.15, 0.2) is 41.5 Å². The molecule has 2 aromatic rings. The van der Waals surface area contributed by atoms with E-state index >= 15 is 0 Å². The molecule has 0 aromatic heterocycles. The molecule has 1 heterocycles. The van der Waals surface area contributed by atoms with Gasteiger partial charge in [-0.3, -0.25) is 0 Å². The number of nitrogens with two attached hydrogens (primary N) is 1. The second-order valence-corrected chi connectivity index (χ2v) is 8.25. The van der Waals surface area contributed by atoms with Crippen LogP contribution in [0.2, 0.25) is 10.0 Å². The zero-order valence-corrected chi connectivity index (χ0v) is 18.3. The number of likely N-dealkylation sites (tertiary alicyclic amines) is 1. The summed E-state index contributed by atoms with van der Waals surface area (Å²) < 4.78 is 0. The Hall–Kier alpha value is -2.30. The maximum atomic E-state index is 9.82. The fraction of sp³-hybridized carbons (Fsp3) is 0.364. The van der Waals surface area contributed by atoms with Gasteiger partial charge in [-0.15, -0.1) is 0 Å². The summed E-state index contributed by atoms with van der Waals surface area (Å²) >= 11 is 12.1. The van der Waals surface area contributed by atoms with Crippen LogP contribution in [0.4, 0.5) is 0 Å². The first-order chi connectivity index (χ1) is 14.4. The number of halogens is 2. The van der Waals surface area contributed by atoms with Crippen LogP contribution in [-0.4, -0.2) is 35.0 Å². The molecule has 1 atom stereocenters. The van der Waals surface area contributed by atoms with Gasteiger partial charge in [0.15, 0.2) is 5.84 Å². The largest absolute Gasteiger partial charge is 0.393 e. The summed E-state index contributed by atoms with van der Waals surface area (Å²) in [5, 5.41) is 27.8. The molecule has 0 spiro atoms. The van der Waals surface area contributed by atoms with Gasteiger partial charge in [-0.25, -0.2) is 0 Å². The number of nitriles is 1. The van der Waals surface area contributed by atoms with E-state index in [4.69, 9.17) is 29.0 Å². The summed E-state index contributed by atoms with van der Waals surface area (Å²) in [7, 11) is 0. The third-order valence-electron chi connectivity index (χ3n) is 5.37. The lowest BCUT2D eigenvalue weighted by Crippen LogP contribution is -2.41. The van der Waals surface area contributed by atoms with Gasteiger partial charge < -0.3 is 21.2 Å². The van der Waals surface area contributed by atoms with E-state index in [1.54, 1.807) is 12.1 Å². The molecular formula is C22H25Cl2N5O. The Kier molecular flexibility index (Phi) is 7.57. The molecule has 8 heteroatoms. The van der Waals surface area contributed by atoms with Gasteiger partial charge in [0.05, 0.1) is 27.8 Å². The van der Waals surface area contributed by atoms with Crippen molar-refractivity contribution in [1.82, 2.24) is 10.2 Å². The zero-order valence-electron chi connectivity index (χ0n) is 16.8. The van der Waals surface area contributed by atoms with Crippen LogP contribution in [0.25, 0.3) is 0 Å². The number of nitrogens with one attached hydrogen (secondary N) is 1. The predicted octanol–water partition coefficient (Wildman–Crippen LogP) is 3.79. The van der Waals surface area contributed by atoms with Gasteiger partial charge in [-0.2, -0.15) is 10.4 Å². The summed E-state index contributed by atoms with van der Waals surface area (Å²) in [6, 6.07) is 13.2. The van der Waals surface area contributed by atoms with Crippen molar-refractivity contribution in [2.75, 3.05) is 13.1 Å². The van der Waals surface area contributed by atoms with E-state index in [2.05, 4.69) is 21.4 Å². The van der Waals surface area contributed by atoms with Gasteiger partial charge in [-0.05, 0) is 61.2 Å². The summed E-state index contributed by atoms with van der Waals surface area (Å²) in [4.78, 5) is 2.09. The van der Waals surface area contributed by atoms with E-state index < -0.39 is 0 Å². The predicted molar refractivity (Wildman–Crippen MR) is 120 cm³/mol. The standard InChI is InChI=1S/C22H25Cl2N5O/c1-14(27-13-16-3-5-20(23)21(24)11-16)19-10-15(12-25)2-4-18(19)22(28-26)29-8-6-17(30)7-9-29/h2-5,10-11,14,17,27,30H,6-9,13,26H2,1H3/b28-22+. The minimum Gasteiger partial charge on any atom is -0.393 e. The molecule has 0 aliphatic carbocycles. The minimum absolute atomic E-state index is 0.0742. The number of hydrogen-bond donors (Lipinski definition) is 3. The highest BCUT2D eigenvalue weighted by molar-refractivity contribution is 6.42. The lowest BCUT2D eigenvalue weighted by molar-refractivity contribution is 0.109. The van der Waals surface area contributed by atoms with E-state index in [1.165, 1.54) is 0 Å². The number of amidine groups is 1. The quantitative estimate of drug-likeness (QED) is 0.281. The van der Waals surface area contributed by atoms with Crippen LogP contribution >= 0.6 is 23.2 Å². The number of hydrogen-bond acceptors (Lipinski definition) is 5. The normalized spacial score (nSPS) is 16.4. The molecule has 1 aliphatic heterocycles. The van der Waals surface area contributed by atoms with E-state index in [0.29, 0.717) is 53.9 Å². The summed E-state index contributed by atoms with van der Waals surface area (Å²) in [5.74, 6) is 6.45. The molecule has 158 valence electrons. The van der Waals surface area contributed by atoms with E-state index in [-0.39, 0.29) is 12.1 Å². The number of aliphatic hydroxyl groups is 1. The Morgan fingerprint density at radius 2 is 2.00 bits per heavy atom. The molecule has 3 rings (SSSR count). The molecule has 30 heavy (non-hydrogen) atoms. The van der Waals surface area contributed by atoms with Gasteiger partial charge in [0.25, 0.3) is 0 Å². The topological polar surface area (TPSA) is 97.7 Å². The first kappa shape index (κ1) is 22.4. The summed E-state index contributed by atoms with van der Waals surface area (Å²) in [6.07, 6.45) is 1.07. The number of nitrogens with zero attached hydrogens (tertiary/aromatic N) is 3. The second-order valence-electron chi connectivity index (χ2n) is 7.44. The van der Waals surface area contributed by atoms with Crippen LogP contribution in [0.3, 0.4) is 0 Å². The molecule has 0 bridgehead atoms. The van der Waals surface area contributed by atoms with E-state index in [0.717, 1.165) is 16.7 Å². The number of hydrazone groups is 1. The fourth-order valence-corrected chi connectivity index (χ4v) is 3.94. The monoisotopic (exact) mass is 445 g/mol. The molecule has 0 saturated carbocycles. The van der Waals surface area contributed by atoms with E-state index in [1.807, 2.05) is 31.2 Å².